The van der Waals surface area contributed by atoms with Gasteiger partial charge in [0.25, 0.3) is 0 Å². The van der Waals surface area contributed by atoms with Gasteiger partial charge in [0.15, 0.2) is 17.3 Å². The fourth-order valence-corrected chi connectivity index (χ4v) is 2.66. The molecule has 0 saturated carbocycles. The van der Waals surface area contributed by atoms with E-state index in [1.807, 2.05) is 16.8 Å². The Labute approximate surface area is 157 Å². The molecule has 3 aromatic rings. The van der Waals surface area contributed by atoms with Gasteiger partial charge in [-0.1, -0.05) is 5.16 Å². The van der Waals surface area contributed by atoms with E-state index < -0.39 is 0 Å². The zero-order valence-corrected chi connectivity index (χ0v) is 15.3. The second-order valence-electron chi connectivity index (χ2n) is 5.93. The van der Waals surface area contributed by atoms with Crippen molar-refractivity contribution in [3.05, 3.63) is 48.7 Å². The number of nitrogens with one attached hydrogen (secondary N) is 1. The fourth-order valence-electron chi connectivity index (χ4n) is 2.66. The van der Waals surface area contributed by atoms with Gasteiger partial charge in [-0.25, -0.2) is 4.98 Å². The van der Waals surface area contributed by atoms with E-state index in [1.165, 1.54) is 0 Å². The number of aromatic nitrogens is 3. The molecule has 8 heteroatoms. The van der Waals surface area contributed by atoms with E-state index >= 15 is 0 Å². The molecule has 0 aliphatic carbocycles. The first kappa shape index (κ1) is 18.5. The molecule has 0 aliphatic rings. The van der Waals surface area contributed by atoms with Gasteiger partial charge in [-0.3, -0.25) is 4.79 Å². The standard InChI is InChI=1S/C19H22N4O4/c1-25-16-5-4-14(10-18(16)26-2)17-11-15(22-27-17)12-19(24)21-6-3-8-23-9-7-20-13-23/h4-5,7,9-11,13H,3,6,8,12H2,1-2H3,(H,21,24). The van der Waals surface area contributed by atoms with E-state index in [1.54, 1.807) is 44.9 Å². The molecule has 1 N–H and O–H groups in total. The van der Waals surface area contributed by atoms with Crippen molar-refractivity contribution in [3.63, 3.8) is 0 Å². The molecule has 0 bridgehead atoms. The predicted octanol–water partition coefficient (Wildman–Crippen LogP) is 2.30. The number of nitrogens with zero attached hydrogens (tertiary/aromatic N) is 3. The van der Waals surface area contributed by atoms with Crippen LogP contribution in [0.5, 0.6) is 11.5 Å². The molecule has 142 valence electrons. The van der Waals surface area contributed by atoms with Crippen LogP contribution in [0.4, 0.5) is 0 Å². The third kappa shape index (κ3) is 4.87. The van der Waals surface area contributed by atoms with E-state index in [0.717, 1.165) is 18.5 Å². The van der Waals surface area contributed by atoms with Crippen LogP contribution in [0.25, 0.3) is 11.3 Å². The average Bonchev–Trinajstić information content (AvgIpc) is 3.36. The maximum Gasteiger partial charge on any atom is 0.226 e. The number of hydrogen-bond acceptors (Lipinski definition) is 6. The maximum absolute atomic E-state index is 12.1. The van der Waals surface area contributed by atoms with Crippen LogP contribution in [-0.4, -0.2) is 41.4 Å². The van der Waals surface area contributed by atoms with Crippen LogP contribution < -0.4 is 14.8 Å². The van der Waals surface area contributed by atoms with Gasteiger partial charge in [-0.15, -0.1) is 0 Å². The molecule has 2 heterocycles. The summed E-state index contributed by atoms with van der Waals surface area (Å²) in [5.41, 5.74) is 1.37. The van der Waals surface area contributed by atoms with E-state index in [4.69, 9.17) is 14.0 Å². The second kappa shape index (κ2) is 8.88. The summed E-state index contributed by atoms with van der Waals surface area (Å²) in [4.78, 5) is 16.0. The Kier molecular flexibility index (Phi) is 6.09. The quantitative estimate of drug-likeness (QED) is 0.581. The van der Waals surface area contributed by atoms with Crippen LogP contribution in [0.15, 0.2) is 47.5 Å². The Morgan fingerprint density at radius 3 is 2.81 bits per heavy atom. The number of amides is 1. The van der Waals surface area contributed by atoms with Crippen LogP contribution in [0.1, 0.15) is 12.1 Å². The van der Waals surface area contributed by atoms with Crippen molar-refractivity contribution in [1.29, 1.82) is 0 Å². The molecule has 0 radical (unpaired) electrons. The van der Waals surface area contributed by atoms with Gasteiger partial charge < -0.3 is 23.9 Å². The number of benzene rings is 1. The molecule has 1 aromatic carbocycles. The highest BCUT2D eigenvalue weighted by molar-refractivity contribution is 5.78. The zero-order chi connectivity index (χ0) is 19.1. The number of aryl methyl sites for hydroxylation is 1. The average molecular weight is 370 g/mol. The molecule has 3 rings (SSSR count). The number of ether oxygens (including phenoxy) is 2. The minimum Gasteiger partial charge on any atom is -0.493 e. The van der Waals surface area contributed by atoms with Crippen molar-refractivity contribution in [2.75, 3.05) is 20.8 Å². The summed E-state index contributed by atoms with van der Waals surface area (Å²) < 4.78 is 17.9. The minimum absolute atomic E-state index is 0.0900. The van der Waals surface area contributed by atoms with Crippen LogP contribution in [0.2, 0.25) is 0 Å². The number of hydrogen-bond donors (Lipinski definition) is 1. The van der Waals surface area contributed by atoms with Crippen molar-refractivity contribution in [1.82, 2.24) is 20.0 Å². The Morgan fingerprint density at radius 2 is 2.07 bits per heavy atom. The summed E-state index contributed by atoms with van der Waals surface area (Å²) in [6.45, 7) is 1.41. The molecule has 0 atom stereocenters. The number of rotatable bonds is 9. The predicted molar refractivity (Wildman–Crippen MR) is 98.6 cm³/mol. The van der Waals surface area contributed by atoms with Crippen molar-refractivity contribution in [2.24, 2.45) is 0 Å². The third-order valence-electron chi connectivity index (χ3n) is 4.04. The van der Waals surface area contributed by atoms with E-state index in [2.05, 4.69) is 15.5 Å². The molecule has 0 spiro atoms. The topological polar surface area (TPSA) is 91.4 Å². The van der Waals surface area contributed by atoms with Crippen LogP contribution in [0, 0.1) is 0 Å². The number of imidazole rings is 1. The summed E-state index contributed by atoms with van der Waals surface area (Å²) in [5, 5.41) is 6.86. The molecule has 0 fully saturated rings. The van der Waals surface area contributed by atoms with Crippen LogP contribution >= 0.6 is 0 Å². The van der Waals surface area contributed by atoms with Gasteiger partial charge in [0.1, 0.15) is 0 Å². The lowest BCUT2D eigenvalue weighted by Crippen LogP contribution is -2.26. The maximum atomic E-state index is 12.1. The molecule has 1 amide bonds. The Morgan fingerprint density at radius 1 is 1.22 bits per heavy atom. The SMILES string of the molecule is COc1ccc(-c2cc(CC(=O)NCCCn3ccnc3)no2)cc1OC. The largest absolute Gasteiger partial charge is 0.493 e. The highest BCUT2D eigenvalue weighted by Crippen LogP contribution is 2.32. The molecule has 8 nitrogen and oxygen atoms in total. The summed E-state index contributed by atoms with van der Waals surface area (Å²) in [6.07, 6.45) is 6.39. The highest BCUT2D eigenvalue weighted by atomic mass is 16.5. The van der Waals surface area contributed by atoms with Crippen molar-refractivity contribution < 1.29 is 18.8 Å². The molecular formula is C19H22N4O4. The van der Waals surface area contributed by atoms with Crippen LogP contribution in [0.3, 0.4) is 0 Å². The summed E-state index contributed by atoms with van der Waals surface area (Å²) in [6, 6.07) is 7.21. The Bertz CT molecular complexity index is 874. The summed E-state index contributed by atoms with van der Waals surface area (Å²) >= 11 is 0. The van der Waals surface area contributed by atoms with Gasteiger partial charge in [0, 0.05) is 37.1 Å². The smallest absolute Gasteiger partial charge is 0.226 e. The highest BCUT2D eigenvalue weighted by Gasteiger charge is 2.13. The molecule has 0 aliphatic heterocycles. The Balaban J connectivity index is 1.52. The molecular weight excluding hydrogens is 348 g/mol. The van der Waals surface area contributed by atoms with Crippen molar-refractivity contribution >= 4 is 5.91 Å². The van der Waals surface area contributed by atoms with E-state index in [9.17, 15) is 4.79 Å². The fraction of sp³-hybridized carbons (Fsp3) is 0.316. The second-order valence-corrected chi connectivity index (χ2v) is 5.93. The molecule has 2 aromatic heterocycles. The lowest BCUT2D eigenvalue weighted by Gasteiger charge is -2.07. The lowest BCUT2D eigenvalue weighted by atomic mass is 10.1. The lowest BCUT2D eigenvalue weighted by molar-refractivity contribution is -0.120. The number of methoxy groups -OCH3 is 2. The normalized spacial score (nSPS) is 10.6. The van der Waals surface area contributed by atoms with Crippen molar-refractivity contribution in [3.8, 4) is 22.8 Å². The summed E-state index contributed by atoms with van der Waals surface area (Å²) in [7, 11) is 3.16. The van der Waals surface area contributed by atoms with Gasteiger partial charge in [-0.05, 0) is 24.6 Å². The first-order chi connectivity index (χ1) is 13.2. The first-order valence-corrected chi connectivity index (χ1v) is 8.60. The molecule has 27 heavy (non-hydrogen) atoms. The van der Waals surface area contributed by atoms with Crippen molar-refractivity contribution in [2.45, 2.75) is 19.4 Å². The first-order valence-electron chi connectivity index (χ1n) is 8.60. The molecule has 0 unspecified atom stereocenters. The Hall–Kier alpha value is -3.29. The van der Waals surface area contributed by atoms with E-state index in [0.29, 0.717) is 29.5 Å². The van der Waals surface area contributed by atoms with Crippen LogP contribution in [-0.2, 0) is 17.8 Å². The van der Waals surface area contributed by atoms with Gasteiger partial charge in [0.2, 0.25) is 5.91 Å². The van der Waals surface area contributed by atoms with Gasteiger partial charge >= 0.3 is 0 Å². The van der Waals surface area contributed by atoms with Gasteiger partial charge in [0.05, 0.1) is 32.7 Å². The minimum atomic E-state index is -0.0900. The van der Waals surface area contributed by atoms with E-state index in [-0.39, 0.29) is 12.3 Å². The van der Waals surface area contributed by atoms with Gasteiger partial charge in [-0.2, -0.15) is 0 Å². The number of carbonyl (C=O) groups is 1. The summed E-state index contributed by atoms with van der Waals surface area (Å²) in [5.74, 6) is 1.71. The zero-order valence-electron chi connectivity index (χ0n) is 15.3. The monoisotopic (exact) mass is 370 g/mol. The number of carbonyl (C=O) groups excluding carboxylic acids is 1. The third-order valence-corrected chi connectivity index (χ3v) is 4.04. The molecule has 0 saturated heterocycles.